The van der Waals surface area contributed by atoms with Gasteiger partial charge in [-0.05, 0) is 43.0 Å². The third-order valence-corrected chi connectivity index (χ3v) is 6.20. The fourth-order valence-corrected chi connectivity index (χ4v) is 4.82. The van der Waals surface area contributed by atoms with Crippen LogP contribution in [0, 0.1) is 11.8 Å². The van der Waals surface area contributed by atoms with Crippen LogP contribution in [0.2, 0.25) is 0 Å². The first kappa shape index (κ1) is 20.5. The number of piperidine rings is 1. The van der Waals surface area contributed by atoms with Crippen LogP contribution in [0.15, 0.2) is 30.5 Å². The van der Waals surface area contributed by atoms with Gasteiger partial charge in [0.05, 0.1) is 18.5 Å². The maximum Gasteiger partial charge on any atom is 0.231 e. The van der Waals surface area contributed by atoms with Gasteiger partial charge >= 0.3 is 0 Å². The Bertz CT molecular complexity index is 1040. The molecule has 1 aromatic carbocycles. The smallest absolute Gasteiger partial charge is 0.231 e. The highest BCUT2D eigenvalue weighted by Crippen LogP contribution is 2.32. The SMILES string of the molecule is COc1ccc2nccc(N3CCCC(C(=O)Nc4nnc(CC(C)C)s4)C3)c2c1. The summed E-state index contributed by atoms with van der Waals surface area (Å²) in [6.45, 7) is 5.88. The molecule has 1 aliphatic heterocycles. The number of carbonyl (C=O) groups excluding carboxylic acids is 1. The Hall–Kier alpha value is -2.74. The third-order valence-electron chi connectivity index (χ3n) is 5.34. The summed E-state index contributed by atoms with van der Waals surface area (Å²) < 4.78 is 5.39. The molecule has 8 heteroatoms. The topological polar surface area (TPSA) is 80.2 Å². The molecular formula is C22H27N5O2S. The zero-order valence-corrected chi connectivity index (χ0v) is 18.4. The Morgan fingerprint density at radius 2 is 2.20 bits per heavy atom. The summed E-state index contributed by atoms with van der Waals surface area (Å²) in [4.78, 5) is 19.7. The summed E-state index contributed by atoms with van der Waals surface area (Å²) in [6, 6.07) is 7.92. The Labute approximate surface area is 180 Å². The number of hydrogen-bond donors (Lipinski definition) is 1. The van der Waals surface area contributed by atoms with Gasteiger partial charge in [-0.25, -0.2) is 0 Å². The zero-order valence-electron chi connectivity index (χ0n) is 17.6. The monoisotopic (exact) mass is 425 g/mol. The summed E-state index contributed by atoms with van der Waals surface area (Å²) in [6.07, 6.45) is 4.53. The minimum atomic E-state index is -0.0926. The molecule has 1 N–H and O–H groups in total. The first-order valence-corrected chi connectivity index (χ1v) is 11.2. The van der Waals surface area contributed by atoms with Crippen molar-refractivity contribution in [2.24, 2.45) is 11.8 Å². The van der Waals surface area contributed by atoms with Crippen molar-refractivity contribution >= 4 is 39.0 Å². The van der Waals surface area contributed by atoms with E-state index in [-0.39, 0.29) is 11.8 Å². The average Bonchev–Trinajstić information content (AvgIpc) is 3.18. The molecule has 30 heavy (non-hydrogen) atoms. The van der Waals surface area contributed by atoms with Crippen LogP contribution in [0.4, 0.5) is 10.8 Å². The van der Waals surface area contributed by atoms with Crippen LogP contribution in [-0.4, -0.2) is 41.3 Å². The molecule has 3 heterocycles. The van der Waals surface area contributed by atoms with Crippen LogP contribution in [0.1, 0.15) is 31.7 Å². The lowest BCUT2D eigenvalue weighted by molar-refractivity contribution is -0.120. The van der Waals surface area contributed by atoms with Crippen LogP contribution in [0.5, 0.6) is 5.75 Å². The molecule has 1 saturated heterocycles. The largest absolute Gasteiger partial charge is 0.497 e. The van der Waals surface area contributed by atoms with E-state index in [2.05, 4.69) is 39.2 Å². The first-order valence-electron chi connectivity index (χ1n) is 10.3. The maximum absolute atomic E-state index is 12.9. The number of amides is 1. The Morgan fingerprint density at radius 3 is 3.00 bits per heavy atom. The number of benzene rings is 1. The van der Waals surface area contributed by atoms with Crippen molar-refractivity contribution in [3.05, 3.63) is 35.5 Å². The van der Waals surface area contributed by atoms with Crippen molar-refractivity contribution in [3.8, 4) is 5.75 Å². The third kappa shape index (κ3) is 4.53. The van der Waals surface area contributed by atoms with Crippen LogP contribution in [0.3, 0.4) is 0 Å². The minimum Gasteiger partial charge on any atom is -0.497 e. The van der Waals surface area contributed by atoms with E-state index >= 15 is 0 Å². The molecule has 7 nitrogen and oxygen atoms in total. The van der Waals surface area contributed by atoms with Gasteiger partial charge in [0.2, 0.25) is 11.0 Å². The van der Waals surface area contributed by atoms with Gasteiger partial charge in [-0.15, -0.1) is 10.2 Å². The van der Waals surface area contributed by atoms with Gasteiger partial charge in [-0.2, -0.15) is 0 Å². The number of anilines is 2. The zero-order chi connectivity index (χ0) is 21.1. The number of hydrogen-bond acceptors (Lipinski definition) is 7. The number of carbonyl (C=O) groups is 1. The van der Waals surface area contributed by atoms with Gasteiger partial charge in [0.1, 0.15) is 10.8 Å². The lowest BCUT2D eigenvalue weighted by Gasteiger charge is -2.34. The van der Waals surface area contributed by atoms with Crippen LogP contribution >= 0.6 is 11.3 Å². The number of nitrogens with zero attached hydrogens (tertiary/aromatic N) is 4. The number of pyridine rings is 1. The van der Waals surface area contributed by atoms with Crippen molar-refractivity contribution in [2.75, 3.05) is 30.4 Å². The van der Waals surface area contributed by atoms with E-state index < -0.39 is 0 Å². The van der Waals surface area contributed by atoms with Gasteiger partial charge in [-0.3, -0.25) is 9.78 Å². The maximum atomic E-state index is 12.9. The number of aromatic nitrogens is 3. The molecule has 3 aromatic rings. The first-order chi connectivity index (χ1) is 14.5. The molecule has 0 saturated carbocycles. The molecule has 0 spiro atoms. The standard InChI is InChI=1S/C22H27N5O2S/c1-14(2)11-20-25-26-22(30-20)24-21(28)15-5-4-10-27(13-15)19-8-9-23-18-7-6-16(29-3)12-17(18)19/h6-9,12,14-15H,4-5,10-11,13H2,1-3H3,(H,24,26,28). The van der Waals surface area contributed by atoms with Gasteiger partial charge < -0.3 is 15.0 Å². The molecular weight excluding hydrogens is 398 g/mol. The van der Waals surface area contributed by atoms with E-state index in [1.54, 1.807) is 7.11 Å². The molecule has 2 aromatic heterocycles. The van der Waals surface area contributed by atoms with Gasteiger partial charge in [0.15, 0.2) is 0 Å². The Kier molecular flexibility index (Phi) is 6.13. The second kappa shape index (κ2) is 8.95. The van der Waals surface area contributed by atoms with Gasteiger partial charge in [0.25, 0.3) is 0 Å². The molecule has 0 bridgehead atoms. The van der Waals surface area contributed by atoms with E-state index in [4.69, 9.17) is 4.74 Å². The van der Waals surface area contributed by atoms with Crippen molar-refractivity contribution in [2.45, 2.75) is 33.1 Å². The van der Waals surface area contributed by atoms with E-state index in [1.807, 2.05) is 30.5 Å². The molecule has 0 aliphatic carbocycles. The molecule has 1 fully saturated rings. The lowest BCUT2D eigenvalue weighted by atomic mass is 9.96. The van der Waals surface area contributed by atoms with E-state index in [9.17, 15) is 4.79 Å². The van der Waals surface area contributed by atoms with Crippen LogP contribution < -0.4 is 15.0 Å². The number of nitrogens with one attached hydrogen (secondary N) is 1. The summed E-state index contributed by atoms with van der Waals surface area (Å²) in [5.41, 5.74) is 2.01. The molecule has 1 amide bonds. The summed E-state index contributed by atoms with van der Waals surface area (Å²) in [5, 5.41) is 13.9. The van der Waals surface area contributed by atoms with Crippen molar-refractivity contribution in [3.63, 3.8) is 0 Å². The predicted octanol–water partition coefficient (Wildman–Crippen LogP) is 4.15. The van der Waals surface area contributed by atoms with E-state index in [0.717, 1.165) is 53.2 Å². The van der Waals surface area contributed by atoms with Gasteiger partial charge in [-0.1, -0.05) is 25.2 Å². The molecule has 1 unspecified atom stereocenters. The second-order valence-electron chi connectivity index (χ2n) is 8.09. The fraction of sp³-hybridized carbons (Fsp3) is 0.455. The highest BCUT2D eigenvalue weighted by atomic mass is 32.1. The molecule has 1 atom stereocenters. The molecule has 1 aliphatic rings. The number of rotatable bonds is 6. The van der Waals surface area contributed by atoms with E-state index in [1.165, 1.54) is 11.3 Å². The Morgan fingerprint density at radius 1 is 1.33 bits per heavy atom. The van der Waals surface area contributed by atoms with Crippen molar-refractivity contribution in [1.82, 2.24) is 15.2 Å². The highest BCUT2D eigenvalue weighted by molar-refractivity contribution is 7.15. The average molecular weight is 426 g/mol. The normalized spacial score (nSPS) is 16.8. The fourth-order valence-electron chi connectivity index (χ4n) is 3.87. The van der Waals surface area contributed by atoms with Crippen LogP contribution in [0.25, 0.3) is 10.9 Å². The highest BCUT2D eigenvalue weighted by Gasteiger charge is 2.27. The van der Waals surface area contributed by atoms with Crippen molar-refractivity contribution < 1.29 is 9.53 Å². The minimum absolute atomic E-state index is 0.0166. The van der Waals surface area contributed by atoms with E-state index in [0.29, 0.717) is 17.6 Å². The summed E-state index contributed by atoms with van der Waals surface area (Å²) in [5.74, 6) is 1.24. The molecule has 4 rings (SSSR count). The number of fused-ring (bicyclic) bond motifs is 1. The summed E-state index contributed by atoms with van der Waals surface area (Å²) in [7, 11) is 1.67. The molecule has 158 valence electrons. The van der Waals surface area contributed by atoms with Crippen LogP contribution in [-0.2, 0) is 11.2 Å². The second-order valence-corrected chi connectivity index (χ2v) is 9.15. The van der Waals surface area contributed by atoms with Gasteiger partial charge in [0, 0.05) is 36.8 Å². The predicted molar refractivity (Wildman–Crippen MR) is 120 cm³/mol. The van der Waals surface area contributed by atoms with Crippen molar-refractivity contribution in [1.29, 1.82) is 0 Å². The Balaban J connectivity index is 1.49. The quantitative estimate of drug-likeness (QED) is 0.639. The number of ether oxygens (including phenoxy) is 1. The summed E-state index contributed by atoms with van der Waals surface area (Å²) >= 11 is 1.47. The molecule has 0 radical (unpaired) electrons. The number of methoxy groups -OCH3 is 1. The lowest BCUT2D eigenvalue weighted by Crippen LogP contribution is -2.40.